The summed E-state index contributed by atoms with van der Waals surface area (Å²) in [6, 6.07) is 3.24. The molecule has 0 aliphatic heterocycles. The highest BCUT2D eigenvalue weighted by atomic mass is 16.5. The Hall–Kier alpha value is -2.50. The van der Waals surface area contributed by atoms with E-state index in [9.17, 15) is 9.59 Å². The summed E-state index contributed by atoms with van der Waals surface area (Å²) in [5, 5.41) is 2.94. The molecule has 1 N–H and O–H groups in total. The van der Waals surface area contributed by atoms with E-state index in [0.717, 1.165) is 0 Å². The summed E-state index contributed by atoms with van der Waals surface area (Å²) in [6.07, 6.45) is 2.14. The number of carbonyl (C=O) groups excluding carboxylic acids is 2. The molecule has 0 aromatic heterocycles. The van der Waals surface area contributed by atoms with Crippen molar-refractivity contribution in [3.05, 3.63) is 29.3 Å². The summed E-state index contributed by atoms with van der Waals surface area (Å²) in [4.78, 5) is 27.0. The maximum atomic E-state index is 12.9. The maximum absolute atomic E-state index is 12.9. The number of benzene rings is 1. The van der Waals surface area contributed by atoms with Gasteiger partial charge in [0.05, 0.1) is 31.4 Å². The van der Waals surface area contributed by atoms with Gasteiger partial charge in [0.2, 0.25) is 5.91 Å². The minimum atomic E-state index is -0.220. The SMILES string of the molecule is COc1cc(NC(=O)[C@H]2[C@H](C=C(C)C)C2(C)C)c(C(=O)N(C)C)cc1OC. The van der Waals surface area contributed by atoms with E-state index >= 15 is 0 Å². The number of allylic oxidation sites excluding steroid dienone is 2. The number of carbonyl (C=O) groups is 2. The molecule has 0 radical (unpaired) electrons. The normalized spacial score (nSPS) is 19.7. The lowest BCUT2D eigenvalue weighted by Crippen LogP contribution is -2.25. The molecule has 2 atom stereocenters. The molecule has 1 aromatic carbocycles. The summed E-state index contributed by atoms with van der Waals surface area (Å²) in [7, 11) is 6.36. The summed E-state index contributed by atoms with van der Waals surface area (Å²) >= 11 is 0. The third kappa shape index (κ3) is 4.10. The highest BCUT2D eigenvalue weighted by Crippen LogP contribution is 2.59. The predicted octanol–water partition coefficient (Wildman–Crippen LogP) is 3.58. The lowest BCUT2D eigenvalue weighted by molar-refractivity contribution is -0.118. The second kappa shape index (κ2) is 7.62. The second-order valence-corrected chi connectivity index (χ2v) is 8.01. The molecule has 6 nitrogen and oxygen atoms in total. The van der Waals surface area contributed by atoms with Gasteiger partial charge in [0.25, 0.3) is 5.91 Å². The van der Waals surface area contributed by atoms with Crippen molar-refractivity contribution in [2.24, 2.45) is 17.3 Å². The molecule has 0 heterocycles. The second-order valence-electron chi connectivity index (χ2n) is 8.01. The summed E-state index contributed by atoms with van der Waals surface area (Å²) in [5.41, 5.74) is 1.88. The third-order valence-corrected chi connectivity index (χ3v) is 5.12. The lowest BCUT2D eigenvalue weighted by atomic mass is 10.1. The number of anilines is 1. The first kappa shape index (κ1) is 20.8. The first-order valence-electron chi connectivity index (χ1n) is 8.98. The fourth-order valence-corrected chi connectivity index (χ4v) is 3.46. The molecule has 1 aliphatic carbocycles. The van der Waals surface area contributed by atoms with E-state index in [1.807, 2.05) is 13.8 Å². The number of rotatable bonds is 6. The molecule has 148 valence electrons. The third-order valence-electron chi connectivity index (χ3n) is 5.12. The minimum absolute atomic E-state index is 0.0949. The zero-order chi connectivity index (χ0) is 20.5. The molecule has 1 fully saturated rings. The van der Waals surface area contributed by atoms with Gasteiger partial charge in [-0.15, -0.1) is 0 Å². The lowest BCUT2D eigenvalue weighted by Gasteiger charge is -2.18. The zero-order valence-electron chi connectivity index (χ0n) is 17.5. The van der Waals surface area contributed by atoms with E-state index < -0.39 is 0 Å². The van der Waals surface area contributed by atoms with Crippen molar-refractivity contribution in [2.75, 3.05) is 33.6 Å². The first-order chi connectivity index (χ1) is 12.5. The molecule has 1 aromatic rings. The van der Waals surface area contributed by atoms with Crippen LogP contribution in [-0.2, 0) is 4.79 Å². The van der Waals surface area contributed by atoms with E-state index in [1.165, 1.54) is 24.7 Å². The summed E-state index contributed by atoms with van der Waals surface area (Å²) < 4.78 is 10.6. The van der Waals surface area contributed by atoms with E-state index in [1.54, 1.807) is 26.2 Å². The molecule has 0 saturated heterocycles. The van der Waals surface area contributed by atoms with Crippen LogP contribution in [0.4, 0.5) is 5.69 Å². The van der Waals surface area contributed by atoms with Crippen LogP contribution in [0.5, 0.6) is 11.5 Å². The van der Waals surface area contributed by atoms with Crippen molar-refractivity contribution < 1.29 is 19.1 Å². The van der Waals surface area contributed by atoms with Crippen LogP contribution in [0.2, 0.25) is 0 Å². The molecule has 1 saturated carbocycles. The van der Waals surface area contributed by atoms with Crippen LogP contribution in [0.15, 0.2) is 23.8 Å². The van der Waals surface area contributed by atoms with Crippen LogP contribution in [0.1, 0.15) is 38.1 Å². The fraction of sp³-hybridized carbons (Fsp3) is 0.524. The Bertz CT molecular complexity index is 777. The highest BCUT2D eigenvalue weighted by Gasteiger charge is 2.60. The Morgan fingerprint density at radius 1 is 1.11 bits per heavy atom. The molecule has 2 amide bonds. The molecule has 6 heteroatoms. The van der Waals surface area contributed by atoms with E-state index in [0.29, 0.717) is 22.7 Å². The smallest absolute Gasteiger partial charge is 0.255 e. The van der Waals surface area contributed by atoms with Gasteiger partial charge in [-0.05, 0) is 31.2 Å². The van der Waals surface area contributed by atoms with Gasteiger partial charge in [-0.2, -0.15) is 0 Å². The predicted molar refractivity (Wildman–Crippen MR) is 106 cm³/mol. The molecule has 0 bridgehead atoms. The Balaban J connectivity index is 2.38. The monoisotopic (exact) mass is 374 g/mol. The van der Waals surface area contributed by atoms with Gasteiger partial charge in [-0.3, -0.25) is 9.59 Å². The van der Waals surface area contributed by atoms with Crippen molar-refractivity contribution >= 4 is 17.5 Å². The Kier molecular flexibility index (Phi) is 5.88. The quantitative estimate of drug-likeness (QED) is 0.773. The highest BCUT2D eigenvalue weighted by molar-refractivity contribution is 6.05. The van der Waals surface area contributed by atoms with Crippen LogP contribution >= 0.6 is 0 Å². The molecule has 27 heavy (non-hydrogen) atoms. The number of amides is 2. The van der Waals surface area contributed by atoms with E-state index in [2.05, 4.69) is 25.2 Å². The number of nitrogens with one attached hydrogen (secondary N) is 1. The van der Waals surface area contributed by atoms with Crippen LogP contribution in [0.3, 0.4) is 0 Å². The minimum Gasteiger partial charge on any atom is -0.493 e. The van der Waals surface area contributed by atoms with Crippen molar-refractivity contribution in [1.29, 1.82) is 0 Å². The average Bonchev–Trinajstić information content (AvgIpc) is 3.12. The molecular formula is C21H30N2O4. The standard InChI is InChI=1S/C21H30N2O4/c1-12(2)9-14-18(21(14,3)4)19(24)22-15-11-17(27-8)16(26-7)10-13(15)20(25)23(5)6/h9-11,14,18H,1-8H3,(H,22,24)/t14-,18+/m0/s1. The zero-order valence-corrected chi connectivity index (χ0v) is 17.5. The largest absolute Gasteiger partial charge is 0.493 e. The van der Waals surface area contributed by atoms with E-state index in [-0.39, 0.29) is 29.1 Å². The molecule has 2 rings (SSSR count). The maximum Gasteiger partial charge on any atom is 0.255 e. The number of hydrogen-bond donors (Lipinski definition) is 1. The van der Waals surface area contributed by atoms with Gasteiger partial charge in [-0.25, -0.2) is 0 Å². The van der Waals surface area contributed by atoms with Crippen LogP contribution in [0, 0.1) is 17.3 Å². The molecule has 0 spiro atoms. The summed E-state index contributed by atoms with van der Waals surface area (Å²) in [6.45, 7) is 8.24. The van der Waals surface area contributed by atoms with E-state index in [4.69, 9.17) is 9.47 Å². The van der Waals surface area contributed by atoms with Crippen molar-refractivity contribution in [3.8, 4) is 11.5 Å². The van der Waals surface area contributed by atoms with Gasteiger partial charge >= 0.3 is 0 Å². The Labute approximate surface area is 161 Å². The number of methoxy groups -OCH3 is 2. The van der Waals surface area contributed by atoms with Crippen LogP contribution in [0.25, 0.3) is 0 Å². The van der Waals surface area contributed by atoms with Crippen molar-refractivity contribution in [3.63, 3.8) is 0 Å². The van der Waals surface area contributed by atoms with Gasteiger partial charge in [-0.1, -0.05) is 25.5 Å². The number of ether oxygens (including phenoxy) is 2. The topological polar surface area (TPSA) is 67.9 Å². The van der Waals surface area contributed by atoms with Crippen molar-refractivity contribution in [1.82, 2.24) is 4.90 Å². The van der Waals surface area contributed by atoms with Gasteiger partial charge < -0.3 is 19.7 Å². The fourth-order valence-electron chi connectivity index (χ4n) is 3.46. The summed E-state index contributed by atoms with van der Waals surface area (Å²) in [5.74, 6) is 0.636. The first-order valence-corrected chi connectivity index (χ1v) is 8.98. The average molecular weight is 374 g/mol. The molecule has 1 aliphatic rings. The van der Waals surface area contributed by atoms with Gasteiger partial charge in [0.15, 0.2) is 11.5 Å². The van der Waals surface area contributed by atoms with Crippen LogP contribution < -0.4 is 14.8 Å². The number of nitrogens with zero attached hydrogens (tertiary/aromatic N) is 1. The van der Waals surface area contributed by atoms with Gasteiger partial charge in [0.1, 0.15) is 0 Å². The Morgan fingerprint density at radius 3 is 2.15 bits per heavy atom. The molecule has 0 unspecified atom stereocenters. The van der Waals surface area contributed by atoms with Gasteiger partial charge in [0, 0.05) is 20.2 Å². The van der Waals surface area contributed by atoms with Crippen LogP contribution in [-0.4, -0.2) is 45.0 Å². The Morgan fingerprint density at radius 2 is 1.67 bits per heavy atom. The number of hydrogen-bond acceptors (Lipinski definition) is 4. The molecular weight excluding hydrogens is 344 g/mol. The van der Waals surface area contributed by atoms with Crippen molar-refractivity contribution in [2.45, 2.75) is 27.7 Å².